The number of halogens is 1. The molecule has 0 atom stereocenters. The predicted molar refractivity (Wildman–Crippen MR) is 66.9 cm³/mol. The molecule has 0 radical (unpaired) electrons. The van der Waals surface area contributed by atoms with Crippen molar-refractivity contribution in [2.45, 2.75) is 19.4 Å². The second kappa shape index (κ2) is 5.27. The largest absolute Gasteiger partial charge is 0.507 e. The number of phenolic OH excluding ortho intramolecular Hbond substituents is 1. The van der Waals surface area contributed by atoms with Crippen molar-refractivity contribution < 1.29 is 14.6 Å². The average Bonchev–Trinajstić information content (AvgIpc) is 2.28. The Kier molecular flexibility index (Phi) is 4.23. The van der Waals surface area contributed by atoms with Gasteiger partial charge in [0.05, 0.1) is 12.7 Å². The summed E-state index contributed by atoms with van der Waals surface area (Å²) < 4.78 is 4.94. The van der Waals surface area contributed by atoms with Gasteiger partial charge < -0.3 is 15.2 Å². The van der Waals surface area contributed by atoms with Crippen LogP contribution in [0.25, 0.3) is 0 Å². The highest BCUT2D eigenvalue weighted by Crippen LogP contribution is 2.23. The molecule has 0 saturated heterocycles. The first-order chi connectivity index (χ1) is 7.89. The van der Waals surface area contributed by atoms with E-state index in [1.807, 2.05) is 0 Å². The highest BCUT2D eigenvalue weighted by molar-refractivity contribution is 6.18. The Bertz CT molecular complexity index is 418. The maximum atomic E-state index is 11.9. The number of hydrogen-bond donors (Lipinski definition) is 2. The molecular weight excluding hydrogens is 242 g/mol. The van der Waals surface area contributed by atoms with E-state index in [9.17, 15) is 9.90 Å². The predicted octanol–water partition coefficient (Wildman–Crippen LogP) is 2.15. The topological polar surface area (TPSA) is 58.6 Å². The summed E-state index contributed by atoms with van der Waals surface area (Å²) >= 11 is 5.71. The monoisotopic (exact) mass is 257 g/mol. The van der Waals surface area contributed by atoms with E-state index in [0.717, 1.165) is 0 Å². The molecule has 1 amide bonds. The summed E-state index contributed by atoms with van der Waals surface area (Å²) in [6.45, 7) is 3.61. The van der Waals surface area contributed by atoms with Gasteiger partial charge in [-0.25, -0.2) is 0 Å². The van der Waals surface area contributed by atoms with Gasteiger partial charge in [-0.3, -0.25) is 4.79 Å². The number of methoxy groups -OCH3 is 1. The number of nitrogens with one attached hydrogen (secondary N) is 1. The molecule has 0 aliphatic rings. The molecule has 17 heavy (non-hydrogen) atoms. The number of alkyl halides is 1. The lowest BCUT2D eigenvalue weighted by molar-refractivity contribution is 0.0918. The van der Waals surface area contributed by atoms with Gasteiger partial charge in [0.2, 0.25) is 0 Å². The van der Waals surface area contributed by atoms with Gasteiger partial charge in [0.15, 0.2) is 0 Å². The van der Waals surface area contributed by atoms with Crippen molar-refractivity contribution >= 4 is 17.5 Å². The van der Waals surface area contributed by atoms with Gasteiger partial charge >= 0.3 is 0 Å². The van der Waals surface area contributed by atoms with Crippen LogP contribution in [0.5, 0.6) is 11.5 Å². The van der Waals surface area contributed by atoms with Crippen molar-refractivity contribution in [1.29, 1.82) is 0 Å². The molecule has 5 heteroatoms. The van der Waals surface area contributed by atoms with Crippen LogP contribution in [0.4, 0.5) is 0 Å². The van der Waals surface area contributed by atoms with Gasteiger partial charge in [-0.15, -0.1) is 11.6 Å². The smallest absolute Gasteiger partial charge is 0.255 e. The number of rotatable bonds is 4. The summed E-state index contributed by atoms with van der Waals surface area (Å²) in [5, 5.41) is 12.4. The second-order valence-electron chi connectivity index (χ2n) is 4.35. The van der Waals surface area contributed by atoms with E-state index in [0.29, 0.717) is 5.75 Å². The minimum atomic E-state index is -0.523. The van der Waals surface area contributed by atoms with Crippen molar-refractivity contribution in [3.05, 3.63) is 23.8 Å². The molecule has 0 bridgehead atoms. The lowest BCUT2D eigenvalue weighted by Crippen LogP contribution is -2.44. The fourth-order valence-corrected chi connectivity index (χ4v) is 1.31. The Morgan fingerprint density at radius 3 is 2.65 bits per heavy atom. The van der Waals surface area contributed by atoms with Crippen molar-refractivity contribution in [1.82, 2.24) is 5.32 Å². The quantitative estimate of drug-likeness (QED) is 0.813. The number of phenols is 1. The minimum absolute atomic E-state index is 0.118. The number of benzene rings is 1. The molecular formula is C12H16ClNO3. The lowest BCUT2D eigenvalue weighted by atomic mass is 10.1. The molecule has 2 N–H and O–H groups in total. The number of carbonyl (C=O) groups excluding carboxylic acids is 1. The number of carbonyl (C=O) groups is 1. The van der Waals surface area contributed by atoms with Crippen LogP contribution in [0.1, 0.15) is 24.2 Å². The Labute approximate surface area is 106 Å². The first-order valence-corrected chi connectivity index (χ1v) is 5.68. The van der Waals surface area contributed by atoms with E-state index in [2.05, 4.69) is 5.32 Å². The zero-order chi connectivity index (χ0) is 13.1. The zero-order valence-electron chi connectivity index (χ0n) is 10.1. The summed E-state index contributed by atoms with van der Waals surface area (Å²) in [5.41, 5.74) is -0.325. The number of amides is 1. The molecule has 0 aliphatic carbocycles. The van der Waals surface area contributed by atoms with Crippen LogP contribution < -0.4 is 10.1 Å². The zero-order valence-corrected chi connectivity index (χ0v) is 10.8. The normalized spacial score (nSPS) is 11.1. The van der Waals surface area contributed by atoms with Crippen LogP contribution in [0.2, 0.25) is 0 Å². The van der Waals surface area contributed by atoms with Crippen LogP contribution in [-0.2, 0) is 0 Å². The third-order valence-corrected chi connectivity index (χ3v) is 2.90. The standard InChI is InChI=1S/C12H16ClNO3/c1-12(2,7-13)14-11(16)9-5-4-8(17-3)6-10(9)15/h4-6,15H,7H2,1-3H3,(H,14,16). The van der Waals surface area contributed by atoms with Crippen LogP contribution in [0, 0.1) is 0 Å². The maximum absolute atomic E-state index is 11.9. The van der Waals surface area contributed by atoms with Crippen molar-refractivity contribution in [3.8, 4) is 11.5 Å². The molecule has 0 heterocycles. The van der Waals surface area contributed by atoms with E-state index in [-0.39, 0.29) is 23.1 Å². The SMILES string of the molecule is COc1ccc(C(=O)NC(C)(C)CCl)c(O)c1. The lowest BCUT2D eigenvalue weighted by Gasteiger charge is -2.23. The molecule has 1 aromatic rings. The van der Waals surface area contributed by atoms with Gasteiger partial charge in [0.25, 0.3) is 5.91 Å². The Morgan fingerprint density at radius 2 is 2.18 bits per heavy atom. The summed E-state index contributed by atoms with van der Waals surface area (Å²) in [4.78, 5) is 11.9. The van der Waals surface area contributed by atoms with Gasteiger partial charge in [0, 0.05) is 17.5 Å². The fraction of sp³-hybridized carbons (Fsp3) is 0.417. The number of aromatic hydroxyl groups is 1. The van der Waals surface area contributed by atoms with Crippen LogP contribution in [0.15, 0.2) is 18.2 Å². The third-order valence-electron chi connectivity index (χ3n) is 2.24. The Balaban J connectivity index is 2.90. The molecule has 0 aromatic heterocycles. The van der Waals surface area contributed by atoms with E-state index < -0.39 is 5.54 Å². The van der Waals surface area contributed by atoms with E-state index in [4.69, 9.17) is 16.3 Å². The third kappa shape index (κ3) is 3.53. The van der Waals surface area contributed by atoms with Crippen molar-refractivity contribution in [3.63, 3.8) is 0 Å². The maximum Gasteiger partial charge on any atom is 0.255 e. The second-order valence-corrected chi connectivity index (χ2v) is 4.62. The molecule has 0 unspecified atom stereocenters. The van der Waals surface area contributed by atoms with E-state index >= 15 is 0 Å². The molecule has 4 nitrogen and oxygen atoms in total. The molecule has 0 spiro atoms. The summed E-state index contributed by atoms with van der Waals surface area (Å²) in [5.74, 6) is 0.300. The van der Waals surface area contributed by atoms with Gasteiger partial charge in [-0.1, -0.05) is 0 Å². The molecule has 0 aliphatic heterocycles. The first kappa shape index (κ1) is 13.6. The fourth-order valence-electron chi connectivity index (χ4n) is 1.24. The van der Waals surface area contributed by atoms with Crippen molar-refractivity contribution in [2.75, 3.05) is 13.0 Å². The first-order valence-electron chi connectivity index (χ1n) is 5.15. The highest BCUT2D eigenvalue weighted by Gasteiger charge is 2.21. The summed E-state index contributed by atoms with van der Waals surface area (Å²) in [7, 11) is 1.49. The summed E-state index contributed by atoms with van der Waals surface area (Å²) in [6.07, 6.45) is 0. The molecule has 1 aromatic carbocycles. The Hall–Kier alpha value is -1.42. The van der Waals surface area contributed by atoms with Crippen LogP contribution in [0.3, 0.4) is 0 Å². The van der Waals surface area contributed by atoms with Gasteiger partial charge in [0.1, 0.15) is 11.5 Å². The number of ether oxygens (including phenoxy) is 1. The van der Waals surface area contributed by atoms with Gasteiger partial charge in [-0.2, -0.15) is 0 Å². The highest BCUT2D eigenvalue weighted by atomic mass is 35.5. The molecule has 1 rings (SSSR count). The van der Waals surface area contributed by atoms with Gasteiger partial charge in [-0.05, 0) is 26.0 Å². The summed E-state index contributed by atoms with van der Waals surface area (Å²) in [6, 6.07) is 4.51. The van der Waals surface area contributed by atoms with E-state index in [1.165, 1.54) is 19.2 Å². The van der Waals surface area contributed by atoms with Crippen molar-refractivity contribution in [2.24, 2.45) is 0 Å². The minimum Gasteiger partial charge on any atom is -0.507 e. The number of hydrogen-bond acceptors (Lipinski definition) is 3. The molecule has 0 fully saturated rings. The Morgan fingerprint density at radius 1 is 1.53 bits per heavy atom. The van der Waals surface area contributed by atoms with E-state index in [1.54, 1.807) is 19.9 Å². The average molecular weight is 258 g/mol. The van der Waals surface area contributed by atoms with Crippen LogP contribution >= 0.6 is 11.6 Å². The molecule has 94 valence electrons. The van der Waals surface area contributed by atoms with Crippen LogP contribution in [-0.4, -0.2) is 29.5 Å². The molecule has 0 saturated carbocycles.